The van der Waals surface area contributed by atoms with Gasteiger partial charge in [-0.3, -0.25) is 14.0 Å². The summed E-state index contributed by atoms with van der Waals surface area (Å²) < 4.78 is 1.92. The number of thioether (sulfide) groups is 1. The van der Waals surface area contributed by atoms with E-state index in [1.54, 1.807) is 6.07 Å². The van der Waals surface area contributed by atoms with Gasteiger partial charge in [0, 0.05) is 37.1 Å². The molecule has 1 fully saturated rings. The van der Waals surface area contributed by atoms with Crippen molar-refractivity contribution in [3.05, 3.63) is 60.0 Å². The van der Waals surface area contributed by atoms with E-state index in [2.05, 4.69) is 15.5 Å². The van der Waals surface area contributed by atoms with Crippen molar-refractivity contribution in [1.82, 2.24) is 24.8 Å². The highest BCUT2D eigenvalue weighted by atomic mass is 32.2. The lowest BCUT2D eigenvalue weighted by molar-refractivity contribution is -0.127. The number of amides is 2. The molecule has 1 aliphatic rings. The van der Waals surface area contributed by atoms with Crippen LogP contribution in [0.25, 0.3) is 5.65 Å². The highest BCUT2D eigenvalue weighted by Crippen LogP contribution is 2.23. The molecule has 0 radical (unpaired) electrons. The van der Waals surface area contributed by atoms with Gasteiger partial charge < -0.3 is 10.2 Å². The molecule has 29 heavy (non-hydrogen) atoms. The zero-order valence-electron chi connectivity index (χ0n) is 16.1. The number of aromatic nitrogens is 3. The second-order valence-corrected chi connectivity index (χ2v) is 7.94. The number of nitrogens with one attached hydrogen (secondary N) is 1. The third kappa shape index (κ3) is 4.59. The molecule has 3 aromatic rings. The zero-order valence-corrected chi connectivity index (χ0v) is 16.9. The number of fused-ring (bicyclic) bond motifs is 1. The quantitative estimate of drug-likeness (QED) is 0.606. The van der Waals surface area contributed by atoms with Crippen LogP contribution in [-0.2, 0) is 11.2 Å². The predicted octanol–water partition coefficient (Wildman–Crippen LogP) is 2.42. The third-order valence-corrected chi connectivity index (χ3v) is 6.02. The first-order valence-electron chi connectivity index (χ1n) is 9.79. The molecule has 7 nitrogen and oxygen atoms in total. The van der Waals surface area contributed by atoms with Crippen molar-refractivity contribution in [2.45, 2.75) is 24.2 Å². The van der Waals surface area contributed by atoms with Crippen molar-refractivity contribution in [2.24, 2.45) is 0 Å². The maximum Gasteiger partial charge on any atom is 0.252 e. The van der Waals surface area contributed by atoms with E-state index in [1.165, 1.54) is 11.8 Å². The first kappa shape index (κ1) is 19.4. The number of rotatable bonds is 7. The summed E-state index contributed by atoms with van der Waals surface area (Å²) in [7, 11) is 0. The van der Waals surface area contributed by atoms with Crippen LogP contribution in [0.3, 0.4) is 0 Å². The Balaban J connectivity index is 1.34. The second-order valence-electron chi connectivity index (χ2n) is 6.92. The van der Waals surface area contributed by atoms with Gasteiger partial charge in [-0.1, -0.05) is 18.2 Å². The highest BCUT2D eigenvalue weighted by molar-refractivity contribution is 8.00. The summed E-state index contributed by atoms with van der Waals surface area (Å²) in [5.41, 5.74) is 1.39. The molecule has 2 amide bonds. The average Bonchev–Trinajstić information content (AvgIpc) is 3.43. The van der Waals surface area contributed by atoms with E-state index in [-0.39, 0.29) is 11.8 Å². The van der Waals surface area contributed by atoms with Gasteiger partial charge in [0.2, 0.25) is 5.91 Å². The van der Waals surface area contributed by atoms with Gasteiger partial charge in [0.25, 0.3) is 5.91 Å². The summed E-state index contributed by atoms with van der Waals surface area (Å²) in [4.78, 5) is 27.7. The molecule has 1 saturated heterocycles. The van der Waals surface area contributed by atoms with Crippen LogP contribution in [0.15, 0.2) is 53.6 Å². The molecule has 1 N–H and O–H groups in total. The molecular formula is C21H23N5O2S. The minimum Gasteiger partial charge on any atom is -0.352 e. The Kier molecular flexibility index (Phi) is 6.09. The Morgan fingerprint density at radius 3 is 2.69 bits per heavy atom. The van der Waals surface area contributed by atoms with Gasteiger partial charge in [-0.05, 0) is 37.1 Å². The van der Waals surface area contributed by atoms with E-state index in [0.717, 1.165) is 42.3 Å². The Labute approximate surface area is 173 Å². The van der Waals surface area contributed by atoms with Crippen LogP contribution in [0.1, 0.15) is 29.0 Å². The molecule has 0 aliphatic carbocycles. The average molecular weight is 410 g/mol. The Hall–Kier alpha value is -2.87. The first-order valence-corrected chi connectivity index (χ1v) is 10.8. The fourth-order valence-corrected chi connectivity index (χ4v) is 4.37. The summed E-state index contributed by atoms with van der Waals surface area (Å²) in [5.74, 6) is 1.16. The third-order valence-electron chi connectivity index (χ3n) is 4.96. The van der Waals surface area contributed by atoms with Crippen LogP contribution in [-0.4, -0.2) is 56.7 Å². The molecular weight excluding hydrogens is 386 g/mol. The molecule has 0 saturated carbocycles. The van der Waals surface area contributed by atoms with Crippen LogP contribution < -0.4 is 5.32 Å². The van der Waals surface area contributed by atoms with Gasteiger partial charge >= 0.3 is 0 Å². The number of nitrogens with zero attached hydrogens (tertiary/aromatic N) is 4. The number of hydrogen-bond donors (Lipinski definition) is 1. The topological polar surface area (TPSA) is 79.6 Å². The number of likely N-dealkylation sites (tertiary alicyclic amines) is 1. The second kappa shape index (κ2) is 9.09. The summed E-state index contributed by atoms with van der Waals surface area (Å²) in [6.45, 7) is 2.15. The van der Waals surface area contributed by atoms with Crippen LogP contribution in [0.4, 0.5) is 0 Å². The fourth-order valence-electron chi connectivity index (χ4n) is 3.42. The minimum absolute atomic E-state index is 0.140. The highest BCUT2D eigenvalue weighted by Gasteiger charge is 2.19. The summed E-state index contributed by atoms with van der Waals surface area (Å²) in [6.07, 6.45) is 4.66. The first-order chi connectivity index (χ1) is 14.2. The summed E-state index contributed by atoms with van der Waals surface area (Å²) in [6, 6.07) is 13.2. The van der Waals surface area contributed by atoms with E-state index < -0.39 is 0 Å². The van der Waals surface area contributed by atoms with Gasteiger partial charge in [-0.15, -0.1) is 22.0 Å². The monoisotopic (exact) mass is 409 g/mol. The number of carbonyl (C=O) groups is 2. The van der Waals surface area contributed by atoms with Gasteiger partial charge in [0.1, 0.15) is 5.82 Å². The van der Waals surface area contributed by atoms with Crippen molar-refractivity contribution in [3.63, 3.8) is 0 Å². The van der Waals surface area contributed by atoms with E-state index in [1.807, 2.05) is 51.9 Å². The van der Waals surface area contributed by atoms with Crippen LogP contribution in [0.2, 0.25) is 0 Å². The number of pyridine rings is 1. The number of hydrogen-bond acceptors (Lipinski definition) is 5. The van der Waals surface area contributed by atoms with E-state index in [0.29, 0.717) is 24.3 Å². The van der Waals surface area contributed by atoms with E-state index in [9.17, 15) is 9.59 Å². The Morgan fingerprint density at radius 2 is 1.83 bits per heavy atom. The molecule has 0 unspecified atom stereocenters. The smallest absolute Gasteiger partial charge is 0.252 e. The normalized spacial score (nSPS) is 13.7. The van der Waals surface area contributed by atoms with Crippen molar-refractivity contribution >= 4 is 29.2 Å². The zero-order chi connectivity index (χ0) is 20.1. The maximum absolute atomic E-state index is 12.7. The molecule has 0 bridgehead atoms. The molecule has 1 aliphatic heterocycles. The Morgan fingerprint density at radius 1 is 1.03 bits per heavy atom. The Bertz CT molecular complexity index is 1010. The van der Waals surface area contributed by atoms with Crippen LogP contribution >= 0.6 is 11.8 Å². The van der Waals surface area contributed by atoms with Gasteiger partial charge in [0.05, 0.1) is 11.3 Å². The lowest BCUT2D eigenvalue weighted by atomic mass is 10.2. The molecule has 2 aromatic heterocycles. The van der Waals surface area contributed by atoms with Gasteiger partial charge in [-0.25, -0.2) is 0 Å². The van der Waals surface area contributed by atoms with Crippen molar-refractivity contribution in [3.8, 4) is 0 Å². The van der Waals surface area contributed by atoms with Crippen LogP contribution in [0.5, 0.6) is 0 Å². The predicted molar refractivity (Wildman–Crippen MR) is 112 cm³/mol. The van der Waals surface area contributed by atoms with Crippen molar-refractivity contribution < 1.29 is 9.59 Å². The number of benzene rings is 1. The molecule has 1 aromatic carbocycles. The SMILES string of the molecule is O=C(NCCc1nnc2ccccn12)c1ccccc1SCC(=O)N1CCCC1. The molecule has 3 heterocycles. The molecule has 0 atom stereocenters. The summed E-state index contributed by atoms with van der Waals surface area (Å²) in [5, 5.41) is 11.3. The van der Waals surface area contributed by atoms with Crippen molar-refractivity contribution in [2.75, 3.05) is 25.4 Å². The molecule has 0 spiro atoms. The largest absolute Gasteiger partial charge is 0.352 e. The molecule has 150 valence electrons. The molecule has 8 heteroatoms. The molecule has 4 rings (SSSR count). The van der Waals surface area contributed by atoms with Crippen LogP contribution in [0, 0.1) is 0 Å². The lowest BCUT2D eigenvalue weighted by Gasteiger charge is -2.15. The summed E-state index contributed by atoms with van der Waals surface area (Å²) >= 11 is 1.42. The fraction of sp³-hybridized carbons (Fsp3) is 0.333. The lowest BCUT2D eigenvalue weighted by Crippen LogP contribution is -2.29. The maximum atomic E-state index is 12.7. The van der Waals surface area contributed by atoms with Gasteiger partial charge in [0.15, 0.2) is 5.65 Å². The van der Waals surface area contributed by atoms with E-state index in [4.69, 9.17) is 0 Å². The minimum atomic E-state index is -0.143. The standard InChI is InChI=1S/C21H23N5O2S/c27-20(25-12-5-6-13-25)15-29-17-8-2-1-7-16(17)21(28)22-11-10-19-24-23-18-9-3-4-14-26(18)19/h1-4,7-9,14H,5-6,10-13,15H2,(H,22,28). The van der Waals surface area contributed by atoms with E-state index >= 15 is 0 Å². The van der Waals surface area contributed by atoms with Crippen molar-refractivity contribution in [1.29, 1.82) is 0 Å². The van der Waals surface area contributed by atoms with Gasteiger partial charge in [-0.2, -0.15) is 0 Å². The number of carbonyl (C=O) groups excluding carboxylic acids is 2.